The van der Waals surface area contributed by atoms with E-state index in [1.807, 2.05) is 18.2 Å². The Balaban J connectivity index is 1.20. The van der Waals surface area contributed by atoms with Gasteiger partial charge < -0.3 is 25.4 Å². The molecule has 2 bridgehead atoms. The molecule has 0 spiro atoms. The molecule has 1 amide bonds. The minimum atomic E-state index is -0.825. The molecule has 3 atom stereocenters. The molecule has 6 rings (SSSR count). The van der Waals surface area contributed by atoms with Gasteiger partial charge in [-0.15, -0.1) is 10.2 Å². The van der Waals surface area contributed by atoms with Crippen molar-refractivity contribution in [1.29, 1.82) is 5.26 Å². The molecule has 14 heteroatoms. The molecule has 228 valence electrons. The summed E-state index contributed by atoms with van der Waals surface area (Å²) < 4.78 is 0.944. The molecule has 4 aromatic heterocycles. The summed E-state index contributed by atoms with van der Waals surface area (Å²) in [5.41, 5.74) is 4.57. The minimum absolute atomic E-state index is 0.0953. The van der Waals surface area contributed by atoms with E-state index in [9.17, 15) is 20.1 Å². The average molecular weight is 615 g/mol. The standard InChI is InChI=1S/C30H34N10O3S/c1-17(2)34-23-10-24(25-8-7-21-9-18(11-31)12-33-39(21)25)32-13-22(23)29-36-37-30(44-29)38-14-19-5-6-20(15-38)27(19)35-28(42)26(41)16-40(3,4)43/h7-10,12-13,17,19-20,27H,5-6,14-16H2,1-4H3,(H,32,34)(H,35,42)/t19-,20+,27?. The summed E-state index contributed by atoms with van der Waals surface area (Å²) in [5, 5.41) is 42.6. The van der Waals surface area contributed by atoms with Crippen LogP contribution in [0.1, 0.15) is 32.3 Å². The van der Waals surface area contributed by atoms with Gasteiger partial charge in [-0.2, -0.15) is 10.4 Å². The van der Waals surface area contributed by atoms with Crippen LogP contribution in [0.3, 0.4) is 0 Å². The van der Waals surface area contributed by atoms with Crippen molar-refractivity contribution in [2.24, 2.45) is 11.8 Å². The highest BCUT2D eigenvalue weighted by Crippen LogP contribution is 2.41. The number of ketones is 1. The van der Waals surface area contributed by atoms with Crippen LogP contribution in [0.5, 0.6) is 0 Å². The van der Waals surface area contributed by atoms with Crippen molar-refractivity contribution in [3.8, 4) is 28.0 Å². The topological polar surface area (TPSA) is 164 Å². The second-order valence-electron chi connectivity index (χ2n) is 12.4. The van der Waals surface area contributed by atoms with Gasteiger partial charge in [0, 0.05) is 37.1 Å². The number of rotatable bonds is 9. The lowest BCUT2D eigenvalue weighted by Crippen LogP contribution is -2.55. The normalized spacial score (nSPS) is 19.8. The molecule has 1 aliphatic heterocycles. The molecule has 5 heterocycles. The molecule has 1 saturated carbocycles. The molecule has 2 N–H and O–H groups in total. The lowest BCUT2D eigenvalue weighted by atomic mass is 9.92. The molecule has 0 radical (unpaired) electrons. The zero-order valence-electron chi connectivity index (χ0n) is 25.0. The Morgan fingerprint density at radius 3 is 2.59 bits per heavy atom. The lowest BCUT2D eigenvalue weighted by molar-refractivity contribution is -0.830. The predicted octanol–water partition coefficient (Wildman–Crippen LogP) is 3.08. The second kappa shape index (κ2) is 11.6. The fourth-order valence-corrected chi connectivity index (χ4v) is 7.05. The van der Waals surface area contributed by atoms with Crippen LogP contribution < -0.4 is 15.5 Å². The molecular weight excluding hydrogens is 580 g/mol. The molecule has 0 aromatic carbocycles. The molecule has 13 nitrogen and oxygen atoms in total. The van der Waals surface area contributed by atoms with E-state index in [0.717, 1.165) is 51.1 Å². The van der Waals surface area contributed by atoms with Crippen LogP contribution in [0, 0.1) is 28.4 Å². The van der Waals surface area contributed by atoms with Crippen molar-refractivity contribution in [2.75, 3.05) is 43.9 Å². The Morgan fingerprint density at radius 1 is 1.16 bits per heavy atom. The fourth-order valence-electron chi connectivity index (χ4n) is 6.17. The Kier molecular flexibility index (Phi) is 7.79. The van der Waals surface area contributed by atoms with E-state index in [2.05, 4.69) is 50.7 Å². The first kappa shape index (κ1) is 29.6. The zero-order chi connectivity index (χ0) is 31.2. The maximum Gasteiger partial charge on any atom is 0.293 e. The van der Waals surface area contributed by atoms with Crippen LogP contribution in [0.2, 0.25) is 0 Å². The molecule has 1 aliphatic carbocycles. The smallest absolute Gasteiger partial charge is 0.293 e. The highest BCUT2D eigenvalue weighted by Gasteiger charge is 2.44. The quantitative estimate of drug-likeness (QED) is 0.163. The van der Waals surface area contributed by atoms with Gasteiger partial charge in [-0.1, -0.05) is 11.3 Å². The minimum Gasteiger partial charge on any atom is -0.633 e. The molecule has 1 saturated heterocycles. The second-order valence-corrected chi connectivity index (χ2v) is 13.3. The number of carbonyl (C=O) groups excluding carboxylic acids is 2. The largest absolute Gasteiger partial charge is 0.633 e. The number of fused-ring (bicyclic) bond motifs is 3. The summed E-state index contributed by atoms with van der Waals surface area (Å²) in [7, 11) is 2.70. The van der Waals surface area contributed by atoms with Gasteiger partial charge in [0.05, 0.1) is 48.3 Å². The summed E-state index contributed by atoms with van der Waals surface area (Å²) in [6.07, 6.45) is 5.24. The number of quaternary nitrogens is 1. The number of hydroxylamine groups is 3. The first-order valence-electron chi connectivity index (χ1n) is 14.6. The van der Waals surface area contributed by atoms with Crippen LogP contribution in [-0.4, -0.2) is 86.9 Å². The van der Waals surface area contributed by atoms with Gasteiger partial charge in [0.1, 0.15) is 12.6 Å². The number of piperidine rings is 1. The van der Waals surface area contributed by atoms with Crippen LogP contribution in [-0.2, 0) is 9.59 Å². The number of likely N-dealkylation sites (N-methyl/N-ethyl adjacent to an activating group) is 1. The van der Waals surface area contributed by atoms with Crippen molar-refractivity contribution in [3.05, 3.63) is 47.4 Å². The SMILES string of the molecule is CC(C)Nc1cc(-c2ccc3cc(C#N)cnn23)ncc1-c1nnc(N2C[C@H]3CC[C@@H](C2)C3NC(=O)C(=O)C[N+](C)(C)[O-])s1. The number of amides is 1. The third kappa shape index (κ3) is 5.99. The number of anilines is 2. The highest BCUT2D eigenvalue weighted by atomic mass is 32.1. The molecule has 2 fully saturated rings. The van der Waals surface area contributed by atoms with Gasteiger partial charge in [0.2, 0.25) is 5.13 Å². The number of nitriles is 1. The van der Waals surface area contributed by atoms with Gasteiger partial charge >= 0.3 is 0 Å². The lowest BCUT2D eigenvalue weighted by Gasteiger charge is -2.38. The number of hydrogen-bond acceptors (Lipinski definition) is 11. The number of hydrogen-bond donors (Lipinski definition) is 2. The molecule has 1 unspecified atom stereocenters. The summed E-state index contributed by atoms with van der Waals surface area (Å²) in [6, 6.07) is 9.82. The number of nitrogens with one attached hydrogen (secondary N) is 2. The number of Topliss-reactive ketones (excluding diaryl/α,β-unsaturated/α-hetero) is 1. The Bertz CT molecular complexity index is 1750. The van der Waals surface area contributed by atoms with Crippen molar-refractivity contribution in [1.82, 2.24) is 30.1 Å². The van der Waals surface area contributed by atoms with Crippen LogP contribution in [0.25, 0.3) is 27.5 Å². The zero-order valence-corrected chi connectivity index (χ0v) is 25.8. The van der Waals surface area contributed by atoms with Gasteiger partial charge in [0.15, 0.2) is 5.01 Å². The number of nitrogens with zero attached hydrogens (tertiary/aromatic N) is 8. The monoisotopic (exact) mass is 614 g/mol. The van der Waals surface area contributed by atoms with Crippen LogP contribution in [0.4, 0.5) is 10.8 Å². The van der Waals surface area contributed by atoms with E-state index in [4.69, 9.17) is 4.98 Å². The van der Waals surface area contributed by atoms with Crippen molar-refractivity contribution < 1.29 is 14.2 Å². The fraction of sp³-hybridized carbons (Fsp3) is 0.433. The third-order valence-corrected chi connectivity index (χ3v) is 9.08. The van der Waals surface area contributed by atoms with Crippen LogP contribution >= 0.6 is 11.3 Å². The average Bonchev–Trinajstić information content (AvgIpc) is 3.67. The van der Waals surface area contributed by atoms with E-state index >= 15 is 0 Å². The third-order valence-electron chi connectivity index (χ3n) is 8.06. The number of aromatic nitrogens is 5. The van der Waals surface area contributed by atoms with E-state index in [1.165, 1.54) is 25.4 Å². The van der Waals surface area contributed by atoms with Crippen molar-refractivity contribution in [2.45, 2.75) is 38.8 Å². The number of pyridine rings is 1. The first-order valence-corrected chi connectivity index (χ1v) is 15.4. The van der Waals surface area contributed by atoms with Gasteiger partial charge in [-0.3, -0.25) is 14.6 Å². The molecular formula is C30H34N10O3S. The molecule has 2 aliphatic rings. The van der Waals surface area contributed by atoms with Crippen molar-refractivity contribution in [3.63, 3.8) is 0 Å². The summed E-state index contributed by atoms with van der Waals surface area (Å²) >= 11 is 1.50. The van der Waals surface area contributed by atoms with Crippen LogP contribution in [0.15, 0.2) is 36.7 Å². The molecule has 4 aromatic rings. The Hall–Kier alpha value is -4.45. The Labute approximate surface area is 258 Å². The van der Waals surface area contributed by atoms with Gasteiger partial charge in [-0.05, 0) is 62.8 Å². The van der Waals surface area contributed by atoms with E-state index in [1.54, 1.807) is 23.0 Å². The van der Waals surface area contributed by atoms with E-state index < -0.39 is 16.3 Å². The summed E-state index contributed by atoms with van der Waals surface area (Å²) in [5.74, 6) is -0.985. The molecule has 44 heavy (non-hydrogen) atoms. The first-order chi connectivity index (χ1) is 21.0. The summed E-state index contributed by atoms with van der Waals surface area (Å²) in [6.45, 7) is 5.16. The maximum atomic E-state index is 12.5. The van der Waals surface area contributed by atoms with Gasteiger partial charge in [-0.25, -0.2) is 4.52 Å². The number of carbonyl (C=O) groups is 2. The Morgan fingerprint density at radius 2 is 1.91 bits per heavy atom. The van der Waals surface area contributed by atoms with Crippen molar-refractivity contribution >= 4 is 39.4 Å². The predicted molar refractivity (Wildman–Crippen MR) is 167 cm³/mol. The maximum absolute atomic E-state index is 12.5. The van der Waals surface area contributed by atoms with E-state index in [0.29, 0.717) is 18.7 Å². The van der Waals surface area contributed by atoms with Gasteiger partial charge in [0.25, 0.3) is 11.7 Å². The summed E-state index contributed by atoms with van der Waals surface area (Å²) in [4.78, 5) is 31.8. The van der Waals surface area contributed by atoms with E-state index in [-0.39, 0.29) is 30.5 Å². The highest BCUT2D eigenvalue weighted by molar-refractivity contribution is 7.18.